The first-order chi connectivity index (χ1) is 9.22. The maximum absolute atomic E-state index is 10.0. The molecule has 0 aromatic heterocycles. The number of fused-ring (bicyclic) bond motifs is 1. The van der Waals surface area contributed by atoms with Crippen molar-refractivity contribution in [1.29, 1.82) is 0 Å². The summed E-state index contributed by atoms with van der Waals surface area (Å²) in [6, 6.07) is 6.06. The van der Waals surface area contributed by atoms with Crippen LogP contribution in [0, 0.1) is 11.8 Å². The molecule has 4 heteroatoms. The Hall–Kier alpha value is -1.26. The van der Waals surface area contributed by atoms with Crippen LogP contribution in [0.3, 0.4) is 0 Å². The van der Waals surface area contributed by atoms with Crippen LogP contribution in [0.15, 0.2) is 18.2 Å². The van der Waals surface area contributed by atoms with Crippen LogP contribution in [0.25, 0.3) is 0 Å². The maximum atomic E-state index is 10.0. The van der Waals surface area contributed by atoms with Gasteiger partial charge >= 0.3 is 0 Å². The van der Waals surface area contributed by atoms with Crippen LogP contribution in [0.5, 0.6) is 5.75 Å². The normalized spacial score (nSPS) is 29.6. The Balaban J connectivity index is 1.86. The summed E-state index contributed by atoms with van der Waals surface area (Å²) >= 11 is 0. The lowest BCUT2D eigenvalue weighted by atomic mass is 10.00. The zero-order chi connectivity index (χ0) is 13.4. The predicted octanol–water partition coefficient (Wildman–Crippen LogP) is 1.36. The molecule has 3 atom stereocenters. The van der Waals surface area contributed by atoms with Gasteiger partial charge in [-0.3, -0.25) is 0 Å². The van der Waals surface area contributed by atoms with Gasteiger partial charge in [-0.2, -0.15) is 0 Å². The molecule has 19 heavy (non-hydrogen) atoms. The molecule has 1 aromatic rings. The topological polar surface area (TPSA) is 58.7 Å². The van der Waals surface area contributed by atoms with Crippen molar-refractivity contribution in [3.05, 3.63) is 23.8 Å². The lowest BCUT2D eigenvalue weighted by Gasteiger charge is -2.23. The van der Waals surface area contributed by atoms with Crippen molar-refractivity contribution in [2.24, 2.45) is 17.6 Å². The standard InChI is InChI=1S/C15H22N2O2/c1-19-12-4-2-10(7-16)14(6-12)17-8-11-3-5-15(18)13(11)9-17/h2,4,6,11,13,15,18H,3,5,7-9,16H2,1H3. The van der Waals surface area contributed by atoms with E-state index in [2.05, 4.69) is 11.0 Å². The number of hydrogen-bond acceptors (Lipinski definition) is 4. The molecule has 3 unspecified atom stereocenters. The fraction of sp³-hybridized carbons (Fsp3) is 0.600. The molecule has 3 rings (SSSR count). The minimum atomic E-state index is -0.123. The molecule has 0 amide bonds. The molecule has 4 nitrogen and oxygen atoms in total. The largest absolute Gasteiger partial charge is 0.497 e. The monoisotopic (exact) mass is 262 g/mol. The molecule has 0 spiro atoms. The highest BCUT2D eigenvalue weighted by atomic mass is 16.5. The number of ether oxygens (including phenoxy) is 1. The van der Waals surface area contributed by atoms with Crippen molar-refractivity contribution in [3.8, 4) is 5.75 Å². The van der Waals surface area contributed by atoms with E-state index in [1.165, 1.54) is 5.69 Å². The smallest absolute Gasteiger partial charge is 0.120 e. The van der Waals surface area contributed by atoms with E-state index in [0.717, 1.165) is 37.2 Å². The van der Waals surface area contributed by atoms with Gasteiger partial charge in [0.05, 0.1) is 13.2 Å². The van der Waals surface area contributed by atoms with Gasteiger partial charge in [0, 0.05) is 37.3 Å². The number of nitrogens with zero attached hydrogens (tertiary/aromatic N) is 1. The Bertz CT molecular complexity index is 463. The number of anilines is 1. The molecule has 1 saturated heterocycles. The molecule has 0 radical (unpaired) electrons. The van der Waals surface area contributed by atoms with E-state index in [0.29, 0.717) is 18.4 Å². The molecule has 1 aliphatic heterocycles. The first kappa shape index (κ1) is 12.8. The average molecular weight is 262 g/mol. The second-order valence-electron chi connectivity index (χ2n) is 5.67. The Morgan fingerprint density at radius 2 is 2.21 bits per heavy atom. The van der Waals surface area contributed by atoms with Gasteiger partial charge in [0.1, 0.15) is 5.75 Å². The highest BCUT2D eigenvalue weighted by Crippen LogP contribution is 2.41. The number of methoxy groups -OCH3 is 1. The highest BCUT2D eigenvalue weighted by molar-refractivity contribution is 5.58. The number of nitrogens with two attached hydrogens (primary N) is 1. The van der Waals surface area contributed by atoms with Crippen molar-refractivity contribution in [2.45, 2.75) is 25.5 Å². The lowest BCUT2D eigenvalue weighted by molar-refractivity contribution is 0.133. The summed E-state index contributed by atoms with van der Waals surface area (Å²) in [4.78, 5) is 2.36. The molecule has 2 fully saturated rings. The van der Waals surface area contributed by atoms with Gasteiger partial charge < -0.3 is 20.5 Å². The SMILES string of the molecule is COc1ccc(CN)c(N2CC3CCC(O)C3C2)c1. The van der Waals surface area contributed by atoms with Crippen molar-refractivity contribution >= 4 is 5.69 Å². The van der Waals surface area contributed by atoms with Crippen LogP contribution >= 0.6 is 0 Å². The third kappa shape index (κ3) is 2.19. The summed E-state index contributed by atoms with van der Waals surface area (Å²) in [6.45, 7) is 2.50. The molecule has 0 bridgehead atoms. The molecule has 1 aromatic carbocycles. The molecular formula is C15H22N2O2. The molecule has 2 aliphatic rings. The van der Waals surface area contributed by atoms with Gasteiger partial charge in [-0.15, -0.1) is 0 Å². The van der Waals surface area contributed by atoms with Crippen LogP contribution in [0.4, 0.5) is 5.69 Å². The molecule has 104 valence electrons. The van der Waals surface area contributed by atoms with Gasteiger partial charge in [0.25, 0.3) is 0 Å². The summed E-state index contributed by atoms with van der Waals surface area (Å²) in [6.07, 6.45) is 1.98. The second-order valence-corrected chi connectivity index (χ2v) is 5.67. The zero-order valence-corrected chi connectivity index (χ0v) is 11.4. The van der Waals surface area contributed by atoms with E-state index in [9.17, 15) is 5.11 Å². The van der Waals surface area contributed by atoms with Crippen molar-refractivity contribution in [1.82, 2.24) is 0 Å². The first-order valence-corrected chi connectivity index (χ1v) is 7.03. The van der Waals surface area contributed by atoms with Crippen LogP contribution in [-0.4, -0.2) is 31.4 Å². The van der Waals surface area contributed by atoms with Gasteiger partial charge in [-0.1, -0.05) is 6.07 Å². The minimum Gasteiger partial charge on any atom is -0.497 e. The van der Waals surface area contributed by atoms with E-state index in [4.69, 9.17) is 10.5 Å². The molecular weight excluding hydrogens is 240 g/mol. The number of rotatable bonds is 3. The van der Waals surface area contributed by atoms with Gasteiger partial charge in [-0.05, 0) is 30.4 Å². The van der Waals surface area contributed by atoms with E-state index in [1.807, 2.05) is 12.1 Å². The van der Waals surface area contributed by atoms with Crippen molar-refractivity contribution < 1.29 is 9.84 Å². The van der Waals surface area contributed by atoms with Crippen LogP contribution in [-0.2, 0) is 6.54 Å². The highest BCUT2D eigenvalue weighted by Gasteiger charge is 2.42. The van der Waals surface area contributed by atoms with E-state index in [-0.39, 0.29) is 6.10 Å². The molecule has 3 N–H and O–H groups in total. The quantitative estimate of drug-likeness (QED) is 0.863. The Kier molecular flexibility index (Phi) is 3.37. The summed E-state index contributed by atoms with van der Waals surface area (Å²) in [5.41, 5.74) is 8.15. The number of benzene rings is 1. The maximum Gasteiger partial charge on any atom is 0.120 e. The molecule has 1 heterocycles. The third-order valence-electron chi connectivity index (χ3n) is 4.67. The number of aliphatic hydroxyl groups excluding tert-OH is 1. The fourth-order valence-corrected chi connectivity index (χ4v) is 3.57. The van der Waals surface area contributed by atoms with E-state index in [1.54, 1.807) is 7.11 Å². The lowest BCUT2D eigenvalue weighted by Crippen LogP contribution is -2.25. The summed E-state index contributed by atoms with van der Waals surface area (Å²) in [5, 5.41) is 10.0. The Morgan fingerprint density at radius 1 is 1.37 bits per heavy atom. The molecule has 1 aliphatic carbocycles. The average Bonchev–Trinajstić information content (AvgIpc) is 3.00. The fourth-order valence-electron chi connectivity index (χ4n) is 3.57. The predicted molar refractivity (Wildman–Crippen MR) is 75.3 cm³/mol. The van der Waals surface area contributed by atoms with E-state index < -0.39 is 0 Å². The summed E-state index contributed by atoms with van der Waals surface area (Å²) in [7, 11) is 1.68. The second kappa shape index (κ2) is 5.02. The Morgan fingerprint density at radius 3 is 2.89 bits per heavy atom. The zero-order valence-electron chi connectivity index (χ0n) is 11.4. The summed E-state index contributed by atoms with van der Waals surface area (Å²) in [5.74, 6) is 1.92. The Labute approximate surface area is 114 Å². The van der Waals surface area contributed by atoms with Gasteiger partial charge in [0.2, 0.25) is 0 Å². The van der Waals surface area contributed by atoms with Crippen molar-refractivity contribution in [2.75, 3.05) is 25.1 Å². The number of aliphatic hydroxyl groups is 1. The third-order valence-corrected chi connectivity index (χ3v) is 4.67. The summed E-state index contributed by atoms with van der Waals surface area (Å²) < 4.78 is 5.31. The van der Waals surface area contributed by atoms with E-state index >= 15 is 0 Å². The number of hydrogen-bond donors (Lipinski definition) is 2. The van der Waals surface area contributed by atoms with Gasteiger partial charge in [0.15, 0.2) is 0 Å². The van der Waals surface area contributed by atoms with Crippen LogP contribution in [0.1, 0.15) is 18.4 Å². The van der Waals surface area contributed by atoms with Crippen LogP contribution < -0.4 is 15.4 Å². The van der Waals surface area contributed by atoms with Gasteiger partial charge in [-0.25, -0.2) is 0 Å². The van der Waals surface area contributed by atoms with Crippen LogP contribution in [0.2, 0.25) is 0 Å². The van der Waals surface area contributed by atoms with Crippen molar-refractivity contribution in [3.63, 3.8) is 0 Å². The first-order valence-electron chi connectivity index (χ1n) is 7.03. The minimum absolute atomic E-state index is 0.123. The molecule has 1 saturated carbocycles.